The lowest BCUT2D eigenvalue weighted by atomic mass is 10.1. The second-order valence-corrected chi connectivity index (χ2v) is 38.5. The molecule has 141 heavy (non-hydrogen) atoms. The predicted molar refractivity (Wildman–Crippen MR) is 578 cm³/mol. The van der Waals surface area contributed by atoms with Crippen molar-refractivity contribution in [1.82, 2.24) is 0 Å². The van der Waals surface area contributed by atoms with Gasteiger partial charge in [0.1, 0.15) is 58.5 Å². The third-order valence-electron chi connectivity index (χ3n) is 16.6. The van der Waals surface area contributed by atoms with E-state index in [-0.39, 0.29) is 37.6 Å². The molecule has 0 aliphatic carbocycles. The zero-order valence-corrected chi connectivity index (χ0v) is 96.1. The van der Waals surface area contributed by atoms with Crippen LogP contribution in [-0.2, 0) is 94.7 Å². The first-order valence-corrected chi connectivity index (χ1v) is 49.8. The minimum absolute atomic E-state index is 0.134. The van der Waals surface area contributed by atoms with Crippen molar-refractivity contribution < 1.29 is 146 Å². The van der Waals surface area contributed by atoms with Crippen molar-refractivity contribution in [1.29, 1.82) is 0 Å². The number of methoxy groups -OCH3 is 2. The third kappa shape index (κ3) is 159. The molecule has 0 aliphatic heterocycles. The molecule has 0 aromatic heterocycles. The van der Waals surface area contributed by atoms with E-state index in [4.69, 9.17) is 99.8 Å². The van der Waals surface area contributed by atoms with Crippen LogP contribution in [0.25, 0.3) is 0 Å². The Kier molecular flexibility index (Phi) is 121. The molecule has 12 atom stereocenters. The van der Waals surface area contributed by atoms with Gasteiger partial charge in [-0.3, -0.25) is 0 Å². The van der Waals surface area contributed by atoms with Gasteiger partial charge in [-0.2, -0.15) is 0 Å². The molecule has 30 heteroatoms. The van der Waals surface area contributed by atoms with Gasteiger partial charge >= 0.3 is 0 Å². The molecule has 12 unspecified atom stereocenters. The topological polar surface area (TPSA) is 387 Å². The molecule has 0 aromatic carbocycles. The molecule has 10 N–H and O–H groups in total. The molecule has 0 saturated heterocycles. The van der Waals surface area contributed by atoms with Crippen molar-refractivity contribution in [2.45, 2.75) is 338 Å². The summed E-state index contributed by atoms with van der Waals surface area (Å²) >= 11 is 0. The molecule has 0 radical (unpaired) electrons. The predicted octanol–water partition coefficient (Wildman–Crippen LogP) is 17.5. The highest BCUT2D eigenvalue weighted by Gasteiger charge is 2.25. The summed E-state index contributed by atoms with van der Waals surface area (Å²) in [4.78, 5) is 0. The van der Waals surface area contributed by atoms with Crippen LogP contribution in [0.2, 0.25) is 0 Å². The minimum atomic E-state index is -0.932. The van der Waals surface area contributed by atoms with E-state index in [1.165, 1.54) is 55.7 Å². The van der Waals surface area contributed by atoms with Crippen LogP contribution in [0.1, 0.15) is 255 Å². The molecule has 0 fully saturated rings. The fraction of sp³-hybridized carbons (Fsp3) is 0.784. The van der Waals surface area contributed by atoms with Crippen molar-refractivity contribution in [2.75, 3.05) is 239 Å². The molecular weight excluding hydrogens is 1810 g/mol. The van der Waals surface area contributed by atoms with Crippen molar-refractivity contribution in [3.8, 4) is 0 Å². The number of rotatable bonds is 72. The van der Waals surface area contributed by atoms with Gasteiger partial charge < -0.3 is 146 Å². The van der Waals surface area contributed by atoms with Crippen LogP contribution >= 0.6 is 0 Å². The normalized spacial score (nSPS) is 14.2. The highest BCUT2D eigenvalue weighted by atomic mass is 16.6. The van der Waals surface area contributed by atoms with Gasteiger partial charge in [-0.05, 0) is 241 Å². The van der Waals surface area contributed by atoms with E-state index in [0.717, 1.165) is 12.8 Å². The van der Waals surface area contributed by atoms with Crippen LogP contribution < -0.4 is 0 Å². The average Bonchev–Trinajstić information content (AvgIpc) is 0.946. The van der Waals surface area contributed by atoms with E-state index < -0.39 is 58.5 Å². The summed E-state index contributed by atoms with van der Waals surface area (Å²) < 4.78 is 104. The molecule has 0 rings (SSSR count). The van der Waals surface area contributed by atoms with Gasteiger partial charge in [0.05, 0.1) is 236 Å². The molecule has 0 bridgehead atoms. The summed E-state index contributed by atoms with van der Waals surface area (Å²) in [6, 6.07) is 0. The van der Waals surface area contributed by atoms with Gasteiger partial charge in [-0.1, -0.05) is 142 Å². The Hall–Kier alpha value is -4.32. The molecule has 0 aromatic rings. The van der Waals surface area contributed by atoms with Crippen molar-refractivity contribution >= 4 is 0 Å². The van der Waals surface area contributed by atoms with Crippen LogP contribution in [-0.4, -0.2) is 373 Å². The summed E-state index contributed by atoms with van der Waals surface area (Å²) in [6.07, 6.45) is 23.1. The van der Waals surface area contributed by atoms with Gasteiger partial charge in [0.2, 0.25) is 0 Å². The SMILES string of the molecule is C=CCOCC(C)(O)COCC=C(C)C.C=CCOCC(O)COCC=C(C)C.CC(C)=CCOCC(C)(O)COC(C)C.CC(C)=CCOCC(O)COC(C)C.CCC(C)OCC(C)(O)COCC=C(C)C.CCC(C)OCC(O)COCC=C(C)C.CCOCC(C)(O)COCC=C(C)C.CCOCC(O)COCC=C(C)C.COCC(C)(O)COCC=C(C)C.COCC(O)COCC=C(C)C. The molecule has 0 saturated carbocycles. The van der Waals surface area contributed by atoms with Crippen LogP contribution in [0.15, 0.2) is 142 Å². The third-order valence-corrected chi connectivity index (χ3v) is 16.6. The lowest BCUT2D eigenvalue weighted by Gasteiger charge is -2.24. The molecule has 0 aliphatic rings. The smallest absolute Gasteiger partial charge is 0.108 e. The Labute approximate surface area is 860 Å². The van der Waals surface area contributed by atoms with Gasteiger partial charge in [-0.15, -0.1) is 13.2 Å². The largest absolute Gasteiger partial charge is 0.388 e. The first-order chi connectivity index (χ1) is 65.7. The Balaban J connectivity index is -0.000000169. The second kappa shape index (κ2) is 108. The van der Waals surface area contributed by atoms with Crippen molar-refractivity contribution in [3.05, 3.63) is 142 Å². The number of ether oxygens (including phenoxy) is 20. The quantitative estimate of drug-likeness (QED) is 0.0200. The van der Waals surface area contributed by atoms with Crippen LogP contribution in [0, 0.1) is 0 Å². The van der Waals surface area contributed by atoms with Crippen LogP contribution in [0.4, 0.5) is 0 Å². The van der Waals surface area contributed by atoms with Gasteiger partial charge in [0.15, 0.2) is 0 Å². The monoisotopic (exact) mass is 2030 g/mol. The maximum Gasteiger partial charge on any atom is 0.108 e. The number of aliphatic hydroxyl groups excluding tert-OH is 5. The Morgan fingerprint density at radius 3 is 0.652 bits per heavy atom. The standard InChI is InChI=1S/C13H26O3.2C12H24O3.C12H22O3.2C11H22O3.C11H20O3.2C10H20O3.C9H18O3/c1-6-12(4)16-10-13(5,14)9-15-8-7-11(2)3;1-10(2)6-7-14-8-12(5,13)9-15-11(3)4;1-5-11(4)15-9-12(13)8-14-7-6-10(2)3;1-5-7-14-9-12(4,13)10-15-8-6-11(2)3;1-9(2)5-6-13-7-11(12)8-14-10(3)4;1-5-13-8-11(4,12)9-14-7-6-10(2)3;1-4-6-13-8-11(12)9-14-7-5-10(2)3;1-9(2)5-6-13-8-10(3,11)7-12-4;1-4-12-7-10(11)8-13-6-5-9(2)3;1-8(2)4-5-12-7-9(10)6-11-3/h7,12,14H,6,8-10H2,1-5H3;6,11,13H,7-9H2,1-5H3;6,11-13H,5,7-9H2,1-4H3;5-6,13H,1,7-10H2,2-4H3;5,10-12H,6-8H2,1-4H3;6,12H,5,7-9H2,1-4H3;4-5,11-12H,1,6-9H2,2-3H3;5,11H,6-8H2,1-4H3;5,10-11H,4,6-8H2,1-3H3;4,9-10H,5-7H2,1-3H3. The summed E-state index contributed by atoms with van der Waals surface area (Å²) in [5.74, 6) is 0. The summed E-state index contributed by atoms with van der Waals surface area (Å²) in [7, 11) is 3.11. The van der Waals surface area contributed by atoms with E-state index in [2.05, 4.69) is 27.0 Å². The van der Waals surface area contributed by atoms with Gasteiger partial charge in [0.25, 0.3) is 0 Å². The Bertz CT molecular complexity index is 3020. The van der Waals surface area contributed by atoms with E-state index in [1.807, 2.05) is 255 Å². The fourth-order valence-corrected chi connectivity index (χ4v) is 8.33. The minimum Gasteiger partial charge on any atom is -0.388 e. The Morgan fingerprint density at radius 1 is 0.227 bits per heavy atom. The molecule has 30 nitrogen and oxygen atoms in total. The molecule has 0 amide bonds. The zero-order chi connectivity index (χ0) is 111. The summed E-state index contributed by atoms with van der Waals surface area (Å²) in [5.41, 5.74) is 7.66. The first-order valence-electron chi connectivity index (χ1n) is 49.8. The van der Waals surface area contributed by atoms with Gasteiger partial charge in [-0.25, -0.2) is 0 Å². The van der Waals surface area contributed by atoms with E-state index in [1.54, 1.807) is 61.0 Å². The molecular formula is C111H218O30. The summed E-state index contributed by atoms with van der Waals surface area (Å²) in [5, 5.41) is 95.6. The Morgan fingerprint density at radius 2 is 0.418 bits per heavy atom. The first kappa shape index (κ1) is 157. The highest BCUT2D eigenvalue weighted by Crippen LogP contribution is 2.13. The maximum absolute atomic E-state index is 9.95. The fourth-order valence-electron chi connectivity index (χ4n) is 8.33. The second-order valence-electron chi connectivity index (χ2n) is 38.5. The maximum atomic E-state index is 9.95. The van der Waals surface area contributed by atoms with Gasteiger partial charge in [0, 0.05) is 27.4 Å². The van der Waals surface area contributed by atoms with Crippen molar-refractivity contribution in [2.24, 2.45) is 0 Å². The molecule has 842 valence electrons. The van der Waals surface area contributed by atoms with E-state index in [0.29, 0.717) is 211 Å². The van der Waals surface area contributed by atoms with E-state index in [9.17, 15) is 46.0 Å². The van der Waals surface area contributed by atoms with Crippen molar-refractivity contribution in [3.63, 3.8) is 0 Å². The zero-order valence-electron chi connectivity index (χ0n) is 96.1. The van der Waals surface area contributed by atoms with Crippen LogP contribution in [0.3, 0.4) is 0 Å². The summed E-state index contributed by atoms with van der Waals surface area (Å²) in [6.45, 7) is 89.4. The molecule has 0 spiro atoms. The average molecular weight is 2030 g/mol. The lowest BCUT2D eigenvalue weighted by Crippen LogP contribution is -2.37. The number of hydrogen-bond donors (Lipinski definition) is 10. The number of allylic oxidation sites excluding steroid dienone is 10. The molecule has 0 heterocycles. The van der Waals surface area contributed by atoms with Crippen LogP contribution in [0.5, 0.6) is 0 Å². The number of aliphatic hydroxyl groups is 10. The lowest BCUT2D eigenvalue weighted by molar-refractivity contribution is -0.0957. The van der Waals surface area contributed by atoms with E-state index >= 15 is 0 Å². The highest BCUT2D eigenvalue weighted by molar-refractivity contribution is 4.99. The number of hydrogen-bond acceptors (Lipinski definition) is 30.